The van der Waals surface area contributed by atoms with Crippen molar-refractivity contribution in [2.75, 3.05) is 12.3 Å². The summed E-state index contributed by atoms with van der Waals surface area (Å²) in [4.78, 5) is 0. The largest absolute Gasteiger partial charge is 0.595 e. The van der Waals surface area contributed by atoms with Crippen LogP contribution in [0.25, 0.3) is 0 Å². The predicted octanol–water partition coefficient (Wildman–Crippen LogP) is 1.15. The fourth-order valence-electron chi connectivity index (χ4n) is 0.914. The molecule has 1 saturated heterocycles. The lowest BCUT2D eigenvalue weighted by Crippen LogP contribution is -3.03. The smallest absolute Gasteiger partial charge is 0.215 e. The molecule has 0 aromatic rings. The zero-order valence-electron chi connectivity index (χ0n) is 6.81. The first kappa shape index (κ1) is 12.4. The third-order valence-electron chi connectivity index (χ3n) is 1.46. The van der Waals surface area contributed by atoms with E-state index in [-0.39, 0.29) is 15.2 Å². The first-order valence-electron chi connectivity index (χ1n) is 3.59. The van der Waals surface area contributed by atoms with Crippen LogP contribution in [-0.2, 0) is 0 Å². The Bertz CT molecular complexity index is 281. The third kappa shape index (κ3) is 2.93. The summed E-state index contributed by atoms with van der Waals surface area (Å²) in [5, 5.41) is 21.9. The van der Waals surface area contributed by atoms with Crippen LogP contribution >= 0.6 is 46.6 Å². The number of hydroxylamine groups is 2. The summed E-state index contributed by atoms with van der Waals surface area (Å²) in [5.41, 5.74) is -0.0748. The van der Waals surface area contributed by atoms with Crippen molar-refractivity contribution in [1.29, 1.82) is 0 Å². The van der Waals surface area contributed by atoms with Crippen molar-refractivity contribution in [3.05, 3.63) is 25.5 Å². The van der Waals surface area contributed by atoms with Gasteiger partial charge in [-0.2, -0.15) is 5.23 Å². The molecule has 8 heteroatoms. The van der Waals surface area contributed by atoms with E-state index in [1.807, 2.05) is 0 Å². The minimum atomic E-state index is -1.15. The van der Waals surface area contributed by atoms with E-state index in [1.165, 1.54) is 11.8 Å². The average molecular weight is 278 g/mol. The number of nitrogens with one attached hydrogen (secondary N) is 2. The predicted molar refractivity (Wildman–Crippen MR) is 58.2 cm³/mol. The van der Waals surface area contributed by atoms with Gasteiger partial charge in [0.15, 0.2) is 0 Å². The highest BCUT2D eigenvalue weighted by Gasteiger charge is 2.23. The highest BCUT2D eigenvalue weighted by atomic mass is 35.5. The van der Waals surface area contributed by atoms with E-state index in [2.05, 4.69) is 5.32 Å². The molecule has 0 aromatic carbocycles. The van der Waals surface area contributed by atoms with Crippen molar-refractivity contribution in [3.63, 3.8) is 0 Å². The molecule has 1 unspecified atom stereocenters. The summed E-state index contributed by atoms with van der Waals surface area (Å²) in [6, 6.07) is 0. The molecule has 0 radical (unpaired) electrons. The Kier molecular flexibility index (Phi) is 4.86. The molecule has 1 aliphatic heterocycles. The van der Waals surface area contributed by atoms with Crippen molar-refractivity contribution in [2.45, 2.75) is 0 Å². The Labute approximate surface area is 100 Å². The number of quaternary nitrogens is 1. The zero-order chi connectivity index (χ0) is 10.7. The zero-order valence-corrected chi connectivity index (χ0v) is 9.90. The van der Waals surface area contributed by atoms with Gasteiger partial charge in [0.25, 0.3) is 0 Å². The highest BCUT2D eigenvalue weighted by Crippen LogP contribution is 2.28. The van der Waals surface area contributed by atoms with E-state index in [0.717, 1.165) is 5.75 Å². The first-order chi connectivity index (χ1) is 6.54. The van der Waals surface area contributed by atoms with E-state index in [4.69, 9.17) is 40.0 Å². The van der Waals surface area contributed by atoms with Crippen molar-refractivity contribution >= 4 is 46.6 Å². The van der Waals surface area contributed by atoms with Gasteiger partial charge < -0.3 is 10.5 Å². The van der Waals surface area contributed by atoms with E-state index in [9.17, 15) is 5.21 Å². The van der Waals surface area contributed by atoms with Crippen LogP contribution in [0.3, 0.4) is 0 Å². The molecule has 80 valence electrons. The number of rotatable bonds is 2. The maximum atomic E-state index is 10.9. The molecule has 0 aliphatic carbocycles. The number of allylic oxidation sites excluding steroid dienone is 1. The number of hydrogen-bond donors (Lipinski definition) is 3. The van der Waals surface area contributed by atoms with E-state index in [1.54, 1.807) is 0 Å². The molecule has 0 bridgehead atoms. The van der Waals surface area contributed by atoms with Gasteiger partial charge in [0.05, 0.1) is 0 Å². The lowest BCUT2D eigenvalue weighted by molar-refractivity contribution is -1.01. The van der Waals surface area contributed by atoms with Crippen LogP contribution in [0.2, 0.25) is 0 Å². The monoisotopic (exact) mass is 276 g/mol. The van der Waals surface area contributed by atoms with Crippen molar-refractivity contribution in [2.24, 2.45) is 0 Å². The van der Waals surface area contributed by atoms with Gasteiger partial charge in [0, 0.05) is 12.3 Å². The second kappa shape index (κ2) is 5.46. The van der Waals surface area contributed by atoms with Gasteiger partial charge in [0.1, 0.15) is 14.6 Å². The van der Waals surface area contributed by atoms with Gasteiger partial charge in [-0.1, -0.05) is 34.8 Å². The topological polar surface area (TPSA) is 59.8 Å². The Morgan fingerprint density at radius 2 is 2.14 bits per heavy atom. The van der Waals surface area contributed by atoms with E-state index in [0.29, 0.717) is 11.6 Å². The van der Waals surface area contributed by atoms with Crippen LogP contribution < -0.4 is 10.5 Å². The number of hydrogen-bond acceptors (Lipinski definition) is 4. The maximum Gasteiger partial charge on any atom is 0.215 e. The van der Waals surface area contributed by atoms with E-state index < -0.39 is 5.23 Å². The summed E-state index contributed by atoms with van der Waals surface area (Å²) in [5.74, 6) is 0.802. The Hall–Kier alpha value is 0.380. The molecule has 0 aromatic heterocycles. The summed E-state index contributed by atoms with van der Waals surface area (Å²) < 4.78 is -0.245. The first-order valence-corrected chi connectivity index (χ1v) is 5.71. The Morgan fingerprint density at radius 1 is 1.50 bits per heavy atom. The Balaban J connectivity index is 3.07. The van der Waals surface area contributed by atoms with Crippen molar-refractivity contribution < 1.29 is 10.4 Å². The summed E-state index contributed by atoms with van der Waals surface area (Å²) in [6.45, 7) is 0.709. The SMILES string of the molecule is [O-][NH+](O)/C(C(Cl)=C(Cl)Cl)=C1\NCCS1. The standard InChI is InChI=1S/C6H7Cl3N2O2S/c7-3(5(8)9)4(11(12)13)6-10-1-2-14-6/h10-12H,1-2H2/b6-4+. The van der Waals surface area contributed by atoms with Crippen molar-refractivity contribution in [3.8, 4) is 0 Å². The third-order valence-corrected chi connectivity index (χ3v) is 3.46. The lowest BCUT2D eigenvalue weighted by Gasteiger charge is -2.16. The van der Waals surface area contributed by atoms with Crippen LogP contribution in [-0.4, -0.2) is 17.5 Å². The normalized spacial score (nSPS) is 21.5. The second-order valence-corrected chi connectivity index (χ2v) is 4.79. The molecule has 4 nitrogen and oxygen atoms in total. The van der Waals surface area contributed by atoms with Gasteiger partial charge in [0.2, 0.25) is 5.70 Å². The maximum absolute atomic E-state index is 10.9. The molecule has 1 atom stereocenters. The molecule has 3 N–H and O–H groups in total. The molecule has 0 amide bonds. The summed E-state index contributed by atoms with van der Waals surface area (Å²) >= 11 is 17.9. The molecular formula is C6H7Cl3N2O2S. The van der Waals surface area contributed by atoms with Crippen LogP contribution in [0.15, 0.2) is 20.2 Å². The van der Waals surface area contributed by atoms with Gasteiger partial charge in [-0.05, 0) is 0 Å². The summed E-state index contributed by atoms with van der Waals surface area (Å²) in [7, 11) is 0. The molecule has 1 rings (SSSR count). The molecule has 0 saturated carbocycles. The number of thioether (sulfide) groups is 1. The molecule has 1 aliphatic rings. The van der Waals surface area contributed by atoms with E-state index >= 15 is 0 Å². The molecule has 1 heterocycles. The van der Waals surface area contributed by atoms with Gasteiger partial charge >= 0.3 is 0 Å². The fraction of sp³-hybridized carbons (Fsp3) is 0.333. The molecule has 1 fully saturated rings. The van der Waals surface area contributed by atoms with Crippen LogP contribution in [0.1, 0.15) is 0 Å². The average Bonchev–Trinajstić information content (AvgIpc) is 2.56. The van der Waals surface area contributed by atoms with Crippen molar-refractivity contribution in [1.82, 2.24) is 5.32 Å². The Morgan fingerprint density at radius 3 is 2.50 bits per heavy atom. The molecule has 0 spiro atoms. The van der Waals surface area contributed by atoms with Gasteiger partial charge in [-0.3, -0.25) is 0 Å². The summed E-state index contributed by atoms with van der Waals surface area (Å²) in [6.07, 6.45) is 0. The fourth-order valence-corrected chi connectivity index (χ4v) is 2.28. The quantitative estimate of drug-likeness (QED) is 0.663. The molecular weight excluding hydrogens is 271 g/mol. The van der Waals surface area contributed by atoms with Crippen LogP contribution in [0.4, 0.5) is 0 Å². The minimum absolute atomic E-state index is 0.0748. The highest BCUT2D eigenvalue weighted by molar-refractivity contribution is 8.03. The lowest BCUT2D eigenvalue weighted by atomic mass is 10.4. The van der Waals surface area contributed by atoms with Gasteiger partial charge in [-0.15, -0.1) is 11.8 Å². The minimum Gasteiger partial charge on any atom is -0.595 e. The molecule has 14 heavy (non-hydrogen) atoms. The second-order valence-electron chi connectivity index (χ2n) is 2.36. The number of halogens is 3. The van der Waals surface area contributed by atoms with Crippen LogP contribution in [0, 0.1) is 5.21 Å². The van der Waals surface area contributed by atoms with Crippen LogP contribution in [0.5, 0.6) is 0 Å². The van der Waals surface area contributed by atoms with Gasteiger partial charge in [-0.25, -0.2) is 5.21 Å².